The van der Waals surface area contributed by atoms with Crippen molar-refractivity contribution in [3.63, 3.8) is 0 Å². The predicted octanol–water partition coefficient (Wildman–Crippen LogP) is 4.20. The van der Waals surface area contributed by atoms with Crippen molar-refractivity contribution >= 4 is 50.8 Å². The smallest absolute Gasteiger partial charge is 0.261 e. The number of benzene rings is 1. The van der Waals surface area contributed by atoms with E-state index in [-0.39, 0.29) is 10.8 Å². The highest BCUT2D eigenvalue weighted by Gasteiger charge is 2.25. The lowest BCUT2D eigenvalue weighted by Gasteiger charge is -2.33. The average molecular weight is 678 g/mol. The molecule has 0 amide bonds. The lowest BCUT2D eigenvalue weighted by atomic mass is 10.0. The van der Waals surface area contributed by atoms with Gasteiger partial charge in [0, 0.05) is 60.6 Å². The fourth-order valence-corrected chi connectivity index (χ4v) is 8.08. The third-order valence-electron chi connectivity index (χ3n) is 9.26. The molecule has 4 aromatic rings. The summed E-state index contributed by atoms with van der Waals surface area (Å²) in [6, 6.07) is 12.2. The van der Waals surface area contributed by atoms with Gasteiger partial charge in [0.25, 0.3) is 5.56 Å². The van der Waals surface area contributed by atoms with Crippen LogP contribution in [0.1, 0.15) is 25.7 Å². The molecule has 3 aromatic heterocycles. The van der Waals surface area contributed by atoms with Gasteiger partial charge in [-0.15, -0.1) is 0 Å². The van der Waals surface area contributed by atoms with Crippen LogP contribution in [-0.4, -0.2) is 106 Å². The molecule has 11 nitrogen and oxygen atoms in total. The van der Waals surface area contributed by atoms with Gasteiger partial charge in [0.05, 0.1) is 32.0 Å². The van der Waals surface area contributed by atoms with E-state index in [1.165, 1.54) is 5.69 Å². The topological polar surface area (TPSA) is 112 Å². The molecule has 2 N–H and O–H groups in total. The van der Waals surface area contributed by atoms with Crippen LogP contribution in [0.2, 0.25) is 5.02 Å². The second kappa shape index (κ2) is 14.8. The van der Waals surface area contributed by atoms with Crippen LogP contribution < -0.4 is 21.1 Å². The number of pyridine rings is 2. The van der Waals surface area contributed by atoms with E-state index in [0.717, 1.165) is 57.5 Å². The van der Waals surface area contributed by atoms with Crippen LogP contribution in [0, 0.1) is 0 Å². The van der Waals surface area contributed by atoms with Gasteiger partial charge in [-0.25, -0.2) is 4.98 Å². The lowest BCUT2D eigenvalue weighted by molar-refractivity contribution is 0.280. The number of likely N-dealkylation sites (tertiary alicyclic amines) is 1. The van der Waals surface area contributed by atoms with Crippen LogP contribution in [0.4, 0.5) is 17.3 Å². The second-order valence-corrected chi connectivity index (χ2v) is 15.0. The predicted molar refractivity (Wildman–Crippen MR) is 192 cm³/mol. The minimum absolute atomic E-state index is 0.0670. The van der Waals surface area contributed by atoms with Crippen molar-refractivity contribution in [2.24, 2.45) is 0 Å². The van der Waals surface area contributed by atoms with Crippen molar-refractivity contribution in [1.82, 2.24) is 34.6 Å². The Kier molecular flexibility index (Phi) is 10.5. The molecule has 2 aliphatic heterocycles. The Morgan fingerprint density at radius 3 is 2.43 bits per heavy atom. The number of anilines is 3. The molecule has 13 heteroatoms. The number of fused-ring (bicyclic) bond motifs is 1. The van der Waals surface area contributed by atoms with E-state index in [4.69, 9.17) is 16.6 Å². The molecule has 6 rings (SSSR count). The zero-order chi connectivity index (χ0) is 33.1. The molecule has 1 aromatic carbocycles. The quantitative estimate of drug-likeness (QED) is 0.253. The number of halogens is 1. The number of aromatic nitrogens is 4. The number of likely N-dealkylation sites (N-methyl/N-ethyl adjacent to an activating group) is 1. The van der Waals surface area contributed by atoms with Crippen molar-refractivity contribution in [3.8, 4) is 11.3 Å². The van der Waals surface area contributed by atoms with E-state index in [0.29, 0.717) is 57.3 Å². The van der Waals surface area contributed by atoms with E-state index < -0.39 is 10.8 Å². The van der Waals surface area contributed by atoms with Gasteiger partial charge < -0.3 is 25.3 Å². The standard InChI is InChI=1S/C34H44ClN9O2S/c1-41(2)17-18-44-32-23(21-38-34(40-32)39-24-5-7-25(8-6-24)43(4)26-9-13-36-14-10-26)19-29(33(44)45)31-30(35)20-28(22-37-31)47(46)27-11-15-42(3)16-12-27/h5-8,19-22,26-27,36H,9-18H2,1-4H3,(H,38,39,40). The molecule has 0 bridgehead atoms. The molecule has 0 spiro atoms. The highest BCUT2D eigenvalue weighted by molar-refractivity contribution is 7.85. The van der Waals surface area contributed by atoms with E-state index in [9.17, 15) is 9.00 Å². The van der Waals surface area contributed by atoms with Crippen molar-refractivity contribution in [3.05, 3.63) is 64.2 Å². The number of hydrogen-bond acceptors (Lipinski definition) is 10. The molecule has 0 saturated carbocycles. The van der Waals surface area contributed by atoms with E-state index in [1.54, 1.807) is 29.1 Å². The monoisotopic (exact) mass is 677 g/mol. The molecule has 5 heterocycles. The Morgan fingerprint density at radius 2 is 1.74 bits per heavy atom. The van der Waals surface area contributed by atoms with Gasteiger partial charge >= 0.3 is 0 Å². The number of nitrogens with one attached hydrogen (secondary N) is 2. The highest BCUT2D eigenvalue weighted by atomic mass is 35.5. The summed E-state index contributed by atoms with van der Waals surface area (Å²) in [5.74, 6) is 0.402. The average Bonchev–Trinajstić information content (AvgIpc) is 3.08. The molecule has 2 aliphatic rings. The second-order valence-electron chi connectivity index (χ2n) is 12.9. The number of rotatable bonds is 10. The van der Waals surface area contributed by atoms with Crippen LogP contribution in [0.5, 0.6) is 0 Å². The van der Waals surface area contributed by atoms with E-state index in [2.05, 4.69) is 56.6 Å². The van der Waals surface area contributed by atoms with Crippen molar-refractivity contribution in [2.45, 2.75) is 48.4 Å². The lowest BCUT2D eigenvalue weighted by Crippen LogP contribution is -2.41. The maximum absolute atomic E-state index is 14.0. The summed E-state index contributed by atoms with van der Waals surface area (Å²) >= 11 is 6.75. The van der Waals surface area contributed by atoms with Gasteiger partial charge in [-0.1, -0.05) is 11.6 Å². The van der Waals surface area contributed by atoms with Gasteiger partial charge in [0.1, 0.15) is 5.65 Å². The van der Waals surface area contributed by atoms with Gasteiger partial charge in [-0.2, -0.15) is 4.98 Å². The molecule has 0 radical (unpaired) electrons. The van der Waals surface area contributed by atoms with Crippen LogP contribution >= 0.6 is 11.6 Å². The van der Waals surface area contributed by atoms with Crippen LogP contribution in [-0.2, 0) is 17.3 Å². The first-order valence-corrected chi connectivity index (χ1v) is 17.9. The normalized spacial score (nSPS) is 17.3. The van der Waals surface area contributed by atoms with Gasteiger partial charge in [0.2, 0.25) is 5.95 Å². The summed E-state index contributed by atoms with van der Waals surface area (Å²) in [5.41, 5.74) is 3.03. The Bertz CT molecular complexity index is 1790. The SMILES string of the molecule is CN(C)CCn1c(=O)c(-c2ncc(S(=O)C3CCN(C)CC3)cc2Cl)cc2cnc(Nc3ccc(N(C)C4CCNCC4)cc3)nc21. The Hall–Kier alpha value is -3.42. The fourth-order valence-electron chi connectivity index (χ4n) is 6.33. The Labute approximate surface area is 283 Å². The highest BCUT2D eigenvalue weighted by Crippen LogP contribution is 2.30. The number of nitrogens with zero attached hydrogens (tertiary/aromatic N) is 7. The first-order chi connectivity index (χ1) is 22.7. The third kappa shape index (κ3) is 7.68. The molecular formula is C34H44ClN9O2S. The largest absolute Gasteiger partial charge is 0.372 e. The number of hydrogen-bond donors (Lipinski definition) is 2. The van der Waals surface area contributed by atoms with Crippen molar-refractivity contribution in [2.75, 3.05) is 71.1 Å². The first kappa shape index (κ1) is 33.5. The molecule has 0 aliphatic carbocycles. The molecule has 1 atom stereocenters. The molecule has 1 unspecified atom stereocenters. The van der Waals surface area contributed by atoms with Gasteiger partial charge in [0.15, 0.2) is 0 Å². The summed E-state index contributed by atoms with van der Waals surface area (Å²) in [6.45, 7) is 4.98. The summed E-state index contributed by atoms with van der Waals surface area (Å²) in [5, 5.41) is 7.80. The maximum Gasteiger partial charge on any atom is 0.261 e. The molecule has 2 fully saturated rings. The van der Waals surface area contributed by atoms with Crippen molar-refractivity contribution in [1.29, 1.82) is 0 Å². The summed E-state index contributed by atoms with van der Waals surface area (Å²) in [6.07, 6.45) is 7.31. The van der Waals surface area contributed by atoms with Crippen LogP contribution in [0.15, 0.2) is 58.5 Å². The summed E-state index contributed by atoms with van der Waals surface area (Å²) in [7, 11) is 6.95. The van der Waals surface area contributed by atoms with Gasteiger partial charge in [-0.3, -0.25) is 18.6 Å². The molecule has 2 saturated heterocycles. The zero-order valence-electron chi connectivity index (χ0n) is 27.6. The maximum atomic E-state index is 14.0. The van der Waals surface area contributed by atoms with Gasteiger partial charge in [-0.05, 0) is 109 Å². The molecule has 47 heavy (non-hydrogen) atoms. The fraction of sp³-hybridized carbons (Fsp3) is 0.471. The minimum Gasteiger partial charge on any atom is -0.372 e. The van der Waals surface area contributed by atoms with E-state index >= 15 is 0 Å². The minimum atomic E-state index is -1.22. The van der Waals surface area contributed by atoms with Crippen molar-refractivity contribution < 1.29 is 4.21 Å². The Balaban J connectivity index is 1.27. The van der Waals surface area contributed by atoms with Crippen LogP contribution in [0.25, 0.3) is 22.3 Å². The summed E-state index contributed by atoms with van der Waals surface area (Å²) in [4.78, 5) is 35.2. The van der Waals surface area contributed by atoms with Crippen LogP contribution in [0.3, 0.4) is 0 Å². The first-order valence-electron chi connectivity index (χ1n) is 16.3. The molecular weight excluding hydrogens is 634 g/mol. The third-order valence-corrected chi connectivity index (χ3v) is 11.3. The van der Waals surface area contributed by atoms with E-state index in [1.807, 2.05) is 31.1 Å². The summed E-state index contributed by atoms with van der Waals surface area (Å²) < 4.78 is 15.0. The number of piperidine rings is 2. The Morgan fingerprint density at radius 1 is 1.02 bits per heavy atom. The molecule has 250 valence electrons. The zero-order valence-corrected chi connectivity index (χ0v) is 29.2.